The topological polar surface area (TPSA) is 4.41 Å². The molecular formula is C15H12NV5-. The fraction of sp³-hybridized carbons (Fsp3) is 0. The molecule has 0 bridgehead atoms. The van der Waals surface area contributed by atoms with Crippen LogP contribution in [0, 0.1) is 6.92 Å². The molecule has 1 aromatic carbocycles. The number of rotatable bonds is 1. The van der Waals surface area contributed by atoms with Crippen LogP contribution in [0.3, 0.4) is 0 Å². The van der Waals surface area contributed by atoms with Crippen molar-refractivity contribution in [2.24, 2.45) is 0 Å². The van der Waals surface area contributed by atoms with Crippen molar-refractivity contribution >= 4 is 5.52 Å². The molecule has 0 atom stereocenters. The van der Waals surface area contributed by atoms with E-state index in [4.69, 9.17) is 0 Å². The van der Waals surface area contributed by atoms with Crippen LogP contribution in [0.1, 0.15) is 5.56 Å². The summed E-state index contributed by atoms with van der Waals surface area (Å²) in [6.07, 6.45) is 2.08. The maximum Gasteiger partial charge on any atom is 0 e. The van der Waals surface area contributed by atoms with Crippen molar-refractivity contribution in [1.29, 1.82) is 0 Å². The Morgan fingerprint density at radius 1 is 0.714 bits per heavy atom. The van der Waals surface area contributed by atoms with E-state index in [2.05, 4.69) is 53.9 Å². The van der Waals surface area contributed by atoms with Gasteiger partial charge in [0.05, 0.1) is 0 Å². The van der Waals surface area contributed by atoms with E-state index in [9.17, 15) is 0 Å². The van der Waals surface area contributed by atoms with E-state index in [0.717, 1.165) is 5.56 Å². The monoisotopic (exact) mass is 461 g/mol. The molecule has 0 unspecified atom stereocenters. The molecule has 1 nitrogen and oxygen atoms in total. The van der Waals surface area contributed by atoms with Crippen LogP contribution in [0.25, 0.3) is 16.8 Å². The van der Waals surface area contributed by atoms with Gasteiger partial charge in [-0.25, -0.2) is 0 Å². The Morgan fingerprint density at radius 2 is 1.29 bits per heavy atom. The summed E-state index contributed by atoms with van der Waals surface area (Å²) in [4.78, 5) is 0. The van der Waals surface area contributed by atoms with Crippen LogP contribution in [0.4, 0.5) is 0 Å². The van der Waals surface area contributed by atoms with E-state index in [0.29, 0.717) is 0 Å². The van der Waals surface area contributed by atoms with Crippen molar-refractivity contribution in [3.05, 3.63) is 73.3 Å². The summed E-state index contributed by atoms with van der Waals surface area (Å²) in [6.45, 7) is 4.11. The molecule has 0 aliphatic rings. The van der Waals surface area contributed by atoms with Crippen molar-refractivity contribution < 1.29 is 92.8 Å². The van der Waals surface area contributed by atoms with Crippen LogP contribution < -0.4 is 0 Å². The SMILES string of the molecule is [CH2-]c1cc2ccccn2c1-c1ccccc1.[V].[V].[V].[V].[V]. The average Bonchev–Trinajstić information content (AvgIpc) is 2.66. The van der Waals surface area contributed by atoms with Gasteiger partial charge in [-0.3, -0.25) is 0 Å². The van der Waals surface area contributed by atoms with E-state index in [1.807, 2.05) is 18.2 Å². The van der Waals surface area contributed by atoms with Gasteiger partial charge in [-0.2, -0.15) is 12.5 Å². The Hall–Kier alpha value is 0.772. The van der Waals surface area contributed by atoms with Gasteiger partial charge >= 0.3 is 0 Å². The first-order chi connectivity index (χ1) is 7.86. The number of fused-ring (bicyclic) bond motifs is 1. The zero-order valence-corrected chi connectivity index (χ0v) is 18.1. The molecule has 103 valence electrons. The van der Waals surface area contributed by atoms with Crippen LogP contribution >= 0.6 is 0 Å². The third-order valence-electron chi connectivity index (χ3n) is 2.81. The second kappa shape index (κ2) is 12.2. The van der Waals surface area contributed by atoms with E-state index in [1.165, 1.54) is 16.8 Å². The smallest absolute Gasteiger partial charge is 0 e. The molecule has 3 rings (SSSR count). The number of nitrogens with zero attached hydrogens (tertiary/aromatic N) is 1. The predicted octanol–water partition coefficient (Wildman–Crippen LogP) is 3.78. The summed E-state index contributed by atoms with van der Waals surface area (Å²) in [6, 6.07) is 18.7. The summed E-state index contributed by atoms with van der Waals surface area (Å²) in [5.74, 6) is 0. The largest absolute Gasteiger partial charge is 0.381 e. The molecule has 0 saturated carbocycles. The van der Waals surface area contributed by atoms with E-state index in [-0.39, 0.29) is 92.8 Å². The number of hydrogen-bond acceptors (Lipinski definition) is 0. The quantitative estimate of drug-likeness (QED) is 0.487. The maximum atomic E-state index is 4.11. The van der Waals surface area contributed by atoms with Gasteiger partial charge in [-0.1, -0.05) is 53.7 Å². The summed E-state index contributed by atoms with van der Waals surface area (Å²) in [5, 5.41) is 0. The van der Waals surface area contributed by atoms with Gasteiger partial charge in [0.2, 0.25) is 0 Å². The number of hydrogen-bond donors (Lipinski definition) is 0. The van der Waals surface area contributed by atoms with Gasteiger partial charge in [0, 0.05) is 92.8 Å². The van der Waals surface area contributed by atoms with Crippen molar-refractivity contribution in [3.63, 3.8) is 0 Å². The van der Waals surface area contributed by atoms with Crippen LogP contribution in [-0.2, 0) is 92.8 Å². The van der Waals surface area contributed by atoms with Gasteiger partial charge in [0.25, 0.3) is 0 Å². The Balaban J connectivity index is -0.000000648. The molecule has 0 aliphatic carbocycles. The van der Waals surface area contributed by atoms with Gasteiger partial charge in [-0.05, 0) is 17.8 Å². The normalized spacial score (nSPS) is 8.19. The third-order valence-corrected chi connectivity index (χ3v) is 2.81. The Bertz CT molecular complexity index is 637. The predicted molar refractivity (Wildman–Crippen MR) is 67.3 cm³/mol. The first-order valence-electron chi connectivity index (χ1n) is 5.34. The molecule has 6 heteroatoms. The van der Waals surface area contributed by atoms with Gasteiger partial charge in [-0.15, -0.1) is 6.07 Å². The van der Waals surface area contributed by atoms with Gasteiger partial charge in [0.15, 0.2) is 0 Å². The maximum absolute atomic E-state index is 4.11. The zero-order valence-electron chi connectivity index (χ0n) is 11.2. The second-order valence-corrected chi connectivity index (χ2v) is 3.88. The van der Waals surface area contributed by atoms with Gasteiger partial charge in [0.1, 0.15) is 0 Å². The average molecular weight is 461 g/mol. The minimum Gasteiger partial charge on any atom is -0.381 e. The van der Waals surface area contributed by atoms with E-state index in [1.54, 1.807) is 0 Å². The standard InChI is InChI=1S/C15H12N.5V/c1-12-11-14-9-5-6-10-16(14)15(12)13-7-3-2-4-8-13;;;;;/h2-11H,1H2;;;;;/q-1;;;;;. The summed E-state index contributed by atoms with van der Waals surface area (Å²) < 4.78 is 2.18. The van der Waals surface area contributed by atoms with E-state index >= 15 is 0 Å². The molecule has 3 aromatic rings. The minimum atomic E-state index is 0. The third kappa shape index (κ3) is 5.72. The second-order valence-electron chi connectivity index (χ2n) is 3.88. The van der Waals surface area contributed by atoms with Crippen LogP contribution in [0.5, 0.6) is 0 Å². The number of pyridine rings is 1. The molecule has 5 radical (unpaired) electrons. The van der Waals surface area contributed by atoms with Crippen LogP contribution in [0.15, 0.2) is 60.8 Å². The molecule has 0 aliphatic heterocycles. The van der Waals surface area contributed by atoms with Crippen molar-refractivity contribution in [1.82, 2.24) is 4.40 Å². The molecule has 0 amide bonds. The molecular weight excluding hydrogens is 449 g/mol. The van der Waals surface area contributed by atoms with Crippen LogP contribution in [-0.4, -0.2) is 4.40 Å². The van der Waals surface area contributed by atoms with Gasteiger partial charge < -0.3 is 4.40 Å². The summed E-state index contributed by atoms with van der Waals surface area (Å²) >= 11 is 0. The zero-order chi connectivity index (χ0) is 11.0. The molecule has 0 fully saturated rings. The summed E-state index contributed by atoms with van der Waals surface area (Å²) in [7, 11) is 0. The van der Waals surface area contributed by atoms with Crippen molar-refractivity contribution in [2.45, 2.75) is 0 Å². The Morgan fingerprint density at radius 3 is 1.90 bits per heavy atom. The molecule has 2 aromatic heterocycles. The first kappa shape index (κ1) is 26.7. The molecule has 0 spiro atoms. The fourth-order valence-electron chi connectivity index (χ4n) is 2.10. The fourth-order valence-corrected chi connectivity index (χ4v) is 2.10. The Kier molecular flexibility index (Phi) is 15.5. The van der Waals surface area contributed by atoms with Crippen LogP contribution in [0.2, 0.25) is 0 Å². The summed E-state index contributed by atoms with van der Waals surface area (Å²) in [5.41, 5.74) is 4.64. The number of benzene rings is 1. The van der Waals surface area contributed by atoms with Crippen molar-refractivity contribution in [3.8, 4) is 11.3 Å². The van der Waals surface area contributed by atoms with Crippen molar-refractivity contribution in [2.75, 3.05) is 0 Å². The molecule has 2 heterocycles. The number of aromatic nitrogens is 1. The minimum absolute atomic E-state index is 0. The van der Waals surface area contributed by atoms with E-state index < -0.39 is 0 Å². The molecule has 0 saturated heterocycles. The first-order valence-corrected chi connectivity index (χ1v) is 5.34. The molecule has 21 heavy (non-hydrogen) atoms. The Labute approximate surface area is 185 Å². The molecule has 0 N–H and O–H groups in total.